The molecular formula is C23H31N3O7S. The van der Waals surface area contributed by atoms with E-state index >= 15 is 0 Å². The molecule has 1 aromatic heterocycles. The number of anilines is 1. The van der Waals surface area contributed by atoms with Crippen molar-refractivity contribution in [2.45, 2.75) is 52.7 Å². The number of hydrogen-bond acceptors (Lipinski definition) is 9. The van der Waals surface area contributed by atoms with Gasteiger partial charge in [-0.05, 0) is 70.5 Å². The summed E-state index contributed by atoms with van der Waals surface area (Å²) in [5.74, 6) is -2.07. The smallest absolute Gasteiger partial charge is 0.352 e. The number of nitrogens with zero attached hydrogens (tertiary/aromatic N) is 2. The minimum absolute atomic E-state index is 0.223. The van der Waals surface area contributed by atoms with Gasteiger partial charge in [-0.25, -0.2) is 15.2 Å². The normalized spacial score (nSPS) is 11.9. The van der Waals surface area contributed by atoms with Crippen molar-refractivity contribution in [2.24, 2.45) is 0 Å². The fraction of sp³-hybridized carbons (Fsp3) is 0.478. The van der Waals surface area contributed by atoms with Crippen molar-refractivity contribution in [3.05, 3.63) is 29.6 Å². The van der Waals surface area contributed by atoms with Crippen molar-refractivity contribution < 1.29 is 33.9 Å². The van der Waals surface area contributed by atoms with Gasteiger partial charge in [0.05, 0.1) is 25.3 Å². The fourth-order valence-electron chi connectivity index (χ4n) is 3.05. The van der Waals surface area contributed by atoms with Gasteiger partial charge in [-0.1, -0.05) is 6.07 Å². The van der Waals surface area contributed by atoms with Gasteiger partial charge in [0.15, 0.2) is 0 Å². The lowest BCUT2D eigenvalue weighted by Crippen LogP contribution is -2.50. The lowest BCUT2D eigenvalue weighted by molar-refractivity contribution is -0.159. The van der Waals surface area contributed by atoms with E-state index in [-0.39, 0.29) is 18.8 Å². The number of hydrogen-bond donors (Lipinski definition) is 2. The SMILES string of the molecule is CC(C)(C)OC(=O)CN(CC(=O)OC(C)(C)C)CC(=O)N(C(=O)NO)c1ccc2ccsc2c1. The Morgan fingerprint density at radius 2 is 1.47 bits per heavy atom. The summed E-state index contributed by atoms with van der Waals surface area (Å²) in [7, 11) is 0. The average molecular weight is 494 g/mol. The lowest BCUT2D eigenvalue weighted by Gasteiger charge is -2.27. The van der Waals surface area contributed by atoms with Crippen LogP contribution in [0.25, 0.3) is 10.1 Å². The molecule has 0 saturated heterocycles. The summed E-state index contributed by atoms with van der Waals surface area (Å²) in [6.45, 7) is 8.91. The number of fused-ring (bicyclic) bond motifs is 1. The molecule has 11 heteroatoms. The van der Waals surface area contributed by atoms with Crippen LogP contribution < -0.4 is 10.4 Å². The van der Waals surface area contributed by atoms with E-state index in [1.807, 2.05) is 11.4 Å². The zero-order valence-electron chi connectivity index (χ0n) is 20.2. The molecule has 0 unspecified atom stereocenters. The maximum absolute atomic E-state index is 13.2. The Morgan fingerprint density at radius 3 is 1.97 bits per heavy atom. The Morgan fingerprint density at radius 1 is 0.912 bits per heavy atom. The molecule has 0 aliphatic carbocycles. The first-order valence-electron chi connectivity index (χ1n) is 10.6. The van der Waals surface area contributed by atoms with Gasteiger partial charge < -0.3 is 9.47 Å². The predicted octanol–water partition coefficient (Wildman–Crippen LogP) is 3.32. The van der Waals surface area contributed by atoms with Crippen LogP contribution >= 0.6 is 11.3 Å². The van der Waals surface area contributed by atoms with Gasteiger partial charge in [0, 0.05) is 4.70 Å². The number of ether oxygens (including phenoxy) is 2. The standard InChI is InChI=1S/C23H31N3O7S/c1-22(2,3)32-19(28)13-25(14-20(29)33-23(4,5)6)12-18(27)26(21(30)24-31)16-8-7-15-9-10-34-17(15)11-16/h7-11,31H,12-14H2,1-6H3,(H,24,30). The van der Waals surface area contributed by atoms with Gasteiger partial charge >= 0.3 is 18.0 Å². The second-order valence-corrected chi connectivity index (χ2v) is 10.6. The molecule has 2 N–H and O–H groups in total. The summed E-state index contributed by atoms with van der Waals surface area (Å²) < 4.78 is 11.5. The molecule has 2 aromatic rings. The van der Waals surface area contributed by atoms with E-state index in [0.717, 1.165) is 15.0 Å². The van der Waals surface area contributed by atoms with E-state index in [0.29, 0.717) is 0 Å². The molecule has 0 aliphatic rings. The molecule has 0 fully saturated rings. The zero-order chi connectivity index (χ0) is 25.7. The van der Waals surface area contributed by atoms with Crippen molar-refractivity contribution in [3.8, 4) is 0 Å². The number of benzene rings is 1. The van der Waals surface area contributed by atoms with Crippen molar-refractivity contribution >= 4 is 51.0 Å². The molecule has 10 nitrogen and oxygen atoms in total. The first kappa shape index (κ1) is 27.2. The van der Waals surface area contributed by atoms with Crippen molar-refractivity contribution in [1.29, 1.82) is 0 Å². The molecule has 0 atom stereocenters. The maximum Gasteiger partial charge on any atom is 0.352 e. The second kappa shape index (κ2) is 10.9. The summed E-state index contributed by atoms with van der Waals surface area (Å²) in [4.78, 5) is 52.3. The number of thiophene rings is 1. The van der Waals surface area contributed by atoms with Crippen molar-refractivity contribution in [2.75, 3.05) is 24.5 Å². The Labute approximate surface area is 202 Å². The number of carbonyl (C=O) groups excluding carboxylic acids is 4. The molecule has 2 rings (SSSR count). The van der Waals surface area contributed by atoms with Crippen LogP contribution in [-0.4, -0.2) is 64.8 Å². The first-order chi connectivity index (χ1) is 15.7. The van der Waals surface area contributed by atoms with E-state index in [4.69, 9.17) is 9.47 Å². The van der Waals surface area contributed by atoms with Gasteiger partial charge in [-0.15, -0.1) is 11.3 Å². The summed E-state index contributed by atoms with van der Waals surface area (Å²) in [5, 5.41) is 12.0. The van der Waals surface area contributed by atoms with E-state index in [1.165, 1.54) is 21.7 Å². The van der Waals surface area contributed by atoms with Gasteiger partial charge in [-0.2, -0.15) is 0 Å². The Balaban J connectivity index is 2.28. The third kappa shape index (κ3) is 8.40. The topological polar surface area (TPSA) is 125 Å². The van der Waals surface area contributed by atoms with Gasteiger partial charge in [0.25, 0.3) is 0 Å². The fourth-order valence-corrected chi connectivity index (χ4v) is 3.87. The van der Waals surface area contributed by atoms with Crippen molar-refractivity contribution in [1.82, 2.24) is 10.4 Å². The Kier molecular flexibility index (Phi) is 8.76. The molecule has 186 valence electrons. The molecule has 0 bridgehead atoms. The predicted molar refractivity (Wildman–Crippen MR) is 128 cm³/mol. The first-order valence-corrected chi connectivity index (χ1v) is 11.5. The average Bonchev–Trinajstić information content (AvgIpc) is 3.12. The summed E-state index contributed by atoms with van der Waals surface area (Å²) in [6.07, 6.45) is 0. The highest BCUT2D eigenvalue weighted by molar-refractivity contribution is 7.17. The summed E-state index contributed by atoms with van der Waals surface area (Å²) in [5.41, 5.74) is 0.162. The molecular weight excluding hydrogens is 462 g/mol. The molecule has 1 heterocycles. The number of imide groups is 1. The van der Waals surface area contributed by atoms with Crippen LogP contribution in [0.4, 0.5) is 10.5 Å². The molecule has 3 amide bonds. The number of esters is 2. The third-order valence-corrected chi connectivity index (χ3v) is 5.03. The summed E-state index contributed by atoms with van der Waals surface area (Å²) >= 11 is 1.43. The largest absolute Gasteiger partial charge is 0.459 e. The number of nitrogens with one attached hydrogen (secondary N) is 1. The molecule has 1 aromatic carbocycles. The number of urea groups is 1. The minimum atomic E-state index is -1.07. The van der Waals surface area contributed by atoms with E-state index in [9.17, 15) is 24.4 Å². The van der Waals surface area contributed by atoms with Crippen LogP contribution in [0, 0.1) is 0 Å². The summed E-state index contributed by atoms with van der Waals surface area (Å²) in [6, 6.07) is 5.76. The van der Waals surface area contributed by atoms with Crippen molar-refractivity contribution in [3.63, 3.8) is 0 Å². The highest BCUT2D eigenvalue weighted by Gasteiger charge is 2.29. The van der Waals surface area contributed by atoms with Crippen LogP contribution in [0.15, 0.2) is 29.6 Å². The minimum Gasteiger partial charge on any atom is -0.459 e. The zero-order valence-corrected chi connectivity index (χ0v) is 21.0. The number of carbonyl (C=O) groups is 4. The van der Waals surface area contributed by atoms with Crippen LogP contribution in [0.2, 0.25) is 0 Å². The molecule has 0 saturated carbocycles. The van der Waals surface area contributed by atoms with E-state index in [1.54, 1.807) is 59.7 Å². The van der Waals surface area contributed by atoms with E-state index in [2.05, 4.69) is 0 Å². The number of hydroxylamine groups is 1. The van der Waals surface area contributed by atoms with Crippen LogP contribution in [0.5, 0.6) is 0 Å². The van der Waals surface area contributed by atoms with Gasteiger partial charge in [0.2, 0.25) is 5.91 Å². The van der Waals surface area contributed by atoms with Gasteiger partial charge in [0.1, 0.15) is 11.2 Å². The highest BCUT2D eigenvalue weighted by atomic mass is 32.1. The number of rotatable bonds is 7. The second-order valence-electron chi connectivity index (χ2n) is 9.61. The highest BCUT2D eigenvalue weighted by Crippen LogP contribution is 2.27. The lowest BCUT2D eigenvalue weighted by atomic mass is 10.2. The molecule has 0 aliphatic heterocycles. The molecule has 0 radical (unpaired) electrons. The monoisotopic (exact) mass is 493 g/mol. The van der Waals surface area contributed by atoms with E-state index < -0.39 is 41.6 Å². The quantitative estimate of drug-likeness (QED) is 0.342. The third-order valence-electron chi connectivity index (χ3n) is 4.15. The van der Waals surface area contributed by atoms with Crippen LogP contribution in [-0.2, 0) is 23.9 Å². The molecule has 34 heavy (non-hydrogen) atoms. The van der Waals surface area contributed by atoms with Crippen LogP contribution in [0.3, 0.4) is 0 Å². The number of amides is 3. The van der Waals surface area contributed by atoms with Crippen LogP contribution in [0.1, 0.15) is 41.5 Å². The Hall–Kier alpha value is -3.02. The maximum atomic E-state index is 13.2. The van der Waals surface area contributed by atoms with Gasteiger partial charge in [-0.3, -0.25) is 24.5 Å². The molecule has 0 spiro atoms. The Bertz CT molecular complexity index is 1020.